The average molecular weight is 462 g/mol. The summed E-state index contributed by atoms with van der Waals surface area (Å²) in [6.07, 6.45) is 4.41. The molecule has 33 heavy (non-hydrogen) atoms. The van der Waals surface area contributed by atoms with E-state index >= 15 is 0 Å². The molecule has 168 valence electrons. The summed E-state index contributed by atoms with van der Waals surface area (Å²) in [4.78, 5) is 13.2. The highest BCUT2D eigenvalue weighted by Crippen LogP contribution is 2.34. The zero-order valence-electron chi connectivity index (χ0n) is 18.0. The molecule has 0 bridgehead atoms. The van der Waals surface area contributed by atoms with Gasteiger partial charge in [-0.3, -0.25) is 4.98 Å². The van der Waals surface area contributed by atoms with Crippen molar-refractivity contribution in [3.63, 3.8) is 0 Å². The van der Waals surface area contributed by atoms with Gasteiger partial charge in [-0.05, 0) is 55.4 Å². The zero-order chi connectivity index (χ0) is 22.5. The summed E-state index contributed by atoms with van der Waals surface area (Å²) in [5.74, 6) is 2.54. The van der Waals surface area contributed by atoms with E-state index in [4.69, 9.17) is 21.1 Å². The van der Waals surface area contributed by atoms with E-state index in [-0.39, 0.29) is 0 Å². The summed E-state index contributed by atoms with van der Waals surface area (Å²) in [6.45, 7) is 3.04. The number of anilines is 2. The van der Waals surface area contributed by atoms with Crippen LogP contribution in [-0.4, -0.2) is 34.6 Å². The Bertz CT molecular complexity index is 1230. The van der Waals surface area contributed by atoms with Crippen molar-refractivity contribution in [3.05, 3.63) is 77.8 Å². The van der Waals surface area contributed by atoms with E-state index in [0.717, 1.165) is 47.5 Å². The first-order chi connectivity index (χ1) is 16.3. The molecular formula is C25H24ClN5O2. The molecule has 1 aliphatic heterocycles. The number of hydrogen-bond donors (Lipinski definition) is 2. The molecule has 0 saturated carbocycles. The zero-order valence-corrected chi connectivity index (χ0v) is 18.8. The van der Waals surface area contributed by atoms with Crippen molar-refractivity contribution in [3.8, 4) is 11.5 Å². The SMILES string of the molecule is Clc1cc(Nc2ncnc3cccc(OC[C@H]4CCNC4)c23)ccc1OCc1ccccn1. The minimum absolute atomic E-state index is 0.348. The Morgan fingerprint density at radius 1 is 1.00 bits per heavy atom. The van der Waals surface area contributed by atoms with Gasteiger partial charge in [0.1, 0.15) is 30.3 Å². The molecule has 2 aromatic heterocycles. The summed E-state index contributed by atoms with van der Waals surface area (Å²) in [7, 11) is 0. The lowest BCUT2D eigenvalue weighted by Crippen LogP contribution is -2.15. The van der Waals surface area contributed by atoms with Gasteiger partial charge in [-0.2, -0.15) is 0 Å². The number of benzene rings is 2. The quantitative estimate of drug-likeness (QED) is 0.382. The lowest BCUT2D eigenvalue weighted by Gasteiger charge is -2.15. The third kappa shape index (κ3) is 5.16. The predicted molar refractivity (Wildman–Crippen MR) is 129 cm³/mol. The molecule has 0 spiro atoms. The van der Waals surface area contributed by atoms with Crippen LogP contribution in [0.4, 0.5) is 11.5 Å². The van der Waals surface area contributed by atoms with Crippen LogP contribution in [0.15, 0.2) is 67.1 Å². The van der Waals surface area contributed by atoms with E-state index in [1.54, 1.807) is 12.5 Å². The van der Waals surface area contributed by atoms with Gasteiger partial charge in [0.05, 0.1) is 28.2 Å². The predicted octanol–water partition coefficient (Wildman–Crippen LogP) is 4.99. The third-order valence-corrected chi connectivity index (χ3v) is 5.85. The Labute approximate surface area is 197 Å². The standard InChI is InChI=1S/C25H24ClN5O2/c26-20-12-18(7-8-22(20)33-15-19-4-1-2-10-28-19)31-25-24-21(29-16-30-25)5-3-6-23(24)32-14-17-9-11-27-13-17/h1-8,10,12,16-17,27H,9,11,13-15H2,(H,29,30,31)/t17-/m0/s1. The van der Waals surface area contributed by atoms with Gasteiger partial charge in [-0.1, -0.05) is 23.7 Å². The van der Waals surface area contributed by atoms with Crippen molar-refractivity contribution in [1.29, 1.82) is 0 Å². The number of aromatic nitrogens is 3. The van der Waals surface area contributed by atoms with Gasteiger partial charge in [0.25, 0.3) is 0 Å². The Morgan fingerprint density at radius 2 is 1.97 bits per heavy atom. The number of nitrogens with zero attached hydrogens (tertiary/aromatic N) is 3. The van der Waals surface area contributed by atoms with Crippen molar-refractivity contribution < 1.29 is 9.47 Å². The molecule has 1 saturated heterocycles. The van der Waals surface area contributed by atoms with Gasteiger partial charge >= 0.3 is 0 Å². The molecule has 4 aromatic rings. The van der Waals surface area contributed by atoms with Crippen molar-refractivity contribution in [2.75, 3.05) is 25.0 Å². The number of ether oxygens (including phenoxy) is 2. The van der Waals surface area contributed by atoms with Crippen LogP contribution < -0.4 is 20.1 Å². The van der Waals surface area contributed by atoms with E-state index < -0.39 is 0 Å². The molecule has 0 aliphatic carbocycles. The maximum absolute atomic E-state index is 6.48. The van der Waals surface area contributed by atoms with Crippen LogP contribution in [0.2, 0.25) is 5.02 Å². The molecule has 3 heterocycles. The monoisotopic (exact) mass is 461 g/mol. The number of hydrogen-bond acceptors (Lipinski definition) is 7. The Kier molecular flexibility index (Phi) is 6.51. The molecule has 0 amide bonds. The second-order valence-corrected chi connectivity index (χ2v) is 8.33. The van der Waals surface area contributed by atoms with Crippen molar-refractivity contribution in [2.24, 2.45) is 5.92 Å². The topological polar surface area (TPSA) is 81.2 Å². The number of rotatable bonds is 8. The third-order valence-electron chi connectivity index (χ3n) is 5.56. The molecule has 1 fully saturated rings. The first-order valence-electron chi connectivity index (χ1n) is 10.9. The van der Waals surface area contributed by atoms with Gasteiger partial charge in [0.2, 0.25) is 0 Å². The van der Waals surface area contributed by atoms with Crippen LogP contribution in [0.5, 0.6) is 11.5 Å². The normalized spacial score (nSPS) is 15.5. The van der Waals surface area contributed by atoms with E-state index in [1.165, 1.54) is 0 Å². The molecule has 8 heteroatoms. The van der Waals surface area contributed by atoms with Gasteiger partial charge in [0, 0.05) is 24.3 Å². The first kappa shape index (κ1) is 21.4. The van der Waals surface area contributed by atoms with Crippen molar-refractivity contribution in [2.45, 2.75) is 13.0 Å². The molecule has 1 aliphatic rings. The Morgan fingerprint density at radius 3 is 2.79 bits per heavy atom. The maximum atomic E-state index is 6.48. The average Bonchev–Trinajstić information content (AvgIpc) is 3.37. The smallest absolute Gasteiger partial charge is 0.145 e. The summed E-state index contributed by atoms with van der Waals surface area (Å²) < 4.78 is 12.0. The minimum Gasteiger partial charge on any atom is -0.492 e. The Balaban J connectivity index is 1.34. The number of nitrogens with one attached hydrogen (secondary N) is 2. The van der Waals surface area contributed by atoms with Crippen LogP contribution in [0, 0.1) is 5.92 Å². The fraction of sp³-hybridized carbons (Fsp3) is 0.240. The minimum atomic E-state index is 0.348. The first-order valence-corrected chi connectivity index (χ1v) is 11.3. The molecule has 7 nitrogen and oxygen atoms in total. The summed E-state index contributed by atoms with van der Waals surface area (Å²) in [5, 5.41) is 8.08. The fourth-order valence-electron chi connectivity index (χ4n) is 3.83. The highest BCUT2D eigenvalue weighted by molar-refractivity contribution is 6.32. The second kappa shape index (κ2) is 10.0. The van der Waals surface area contributed by atoms with Gasteiger partial charge in [-0.25, -0.2) is 9.97 Å². The van der Waals surface area contributed by atoms with Crippen molar-refractivity contribution >= 4 is 34.0 Å². The number of pyridine rings is 1. The lowest BCUT2D eigenvalue weighted by molar-refractivity contribution is 0.263. The number of halogens is 1. The van der Waals surface area contributed by atoms with E-state index in [9.17, 15) is 0 Å². The lowest BCUT2D eigenvalue weighted by atomic mass is 10.1. The van der Waals surface area contributed by atoms with Crippen molar-refractivity contribution in [1.82, 2.24) is 20.3 Å². The van der Waals surface area contributed by atoms with Gasteiger partial charge in [-0.15, -0.1) is 0 Å². The highest BCUT2D eigenvalue weighted by Gasteiger charge is 2.17. The van der Waals surface area contributed by atoms with E-state index in [2.05, 4.69) is 25.6 Å². The summed E-state index contributed by atoms with van der Waals surface area (Å²) in [6, 6.07) is 17.1. The van der Waals surface area contributed by atoms with Crippen LogP contribution in [0.3, 0.4) is 0 Å². The van der Waals surface area contributed by atoms with E-state index in [1.807, 2.05) is 54.6 Å². The second-order valence-electron chi connectivity index (χ2n) is 7.92. The van der Waals surface area contributed by atoms with Crippen LogP contribution in [-0.2, 0) is 6.61 Å². The molecule has 1 atom stereocenters. The van der Waals surface area contributed by atoms with Crippen LogP contribution in [0.25, 0.3) is 10.9 Å². The molecule has 2 N–H and O–H groups in total. The number of fused-ring (bicyclic) bond motifs is 1. The largest absolute Gasteiger partial charge is 0.492 e. The van der Waals surface area contributed by atoms with Gasteiger partial charge < -0.3 is 20.1 Å². The fourth-order valence-corrected chi connectivity index (χ4v) is 4.06. The Hall–Kier alpha value is -3.42. The maximum Gasteiger partial charge on any atom is 0.145 e. The van der Waals surface area contributed by atoms with E-state index in [0.29, 0.717) is 35.7 Å². The molecule has 0 radical (unpaired) electrons. The van der Waals surface area contributed by atoms with Crippen LogP contribution in [0.1, 0.15) is 12.1 Å². The highest BCUT2D eigenvalue weighted by atomic mass is 35.5. The van der Waals surface area contributed by atoms with Crippen LogP contribution >= 0.6 is 11.6 Å². The molecule has 0 unspecified atom stereocenters. The summed E-state index contributed by atoms with van der Waals surface area (Å²) >= 11 is 6.48. The van der Waals surface area contributed by atoms with Gasteiger partial charge in [0.15, 0.2) is 0 Å². The molecule has 5 rings (SSSR count). The molecule has 2 aromatic carbocycles. The molecular weight excluding hydrogens is 438 g/mol. The summed E-state index contributed by atoms with van der Waals surface area (Å²) in [5.41, 5.74) is 2.44.